The normalized spacial score (nSPS) is 10.1. The lowest BCUT2D eigenvalue weighted by Crippen LogP contribution is -2.28. The van der Waals surface area contributed by atoms with Crippen LogP contribution in [0.15, 0.2) is 42.5 Å². The molecule has 6 nitrogen and oxygen atoms in total. The largest absolute Gasteiger partial charge is 0.497 e. The third-order valence-corrected chi connectivity index (χ3v) is 3.63. The molecular formula is C20H25NO5. The highest BCUT2D eigenvalue weighted by Crippen LogP contribution is 2.23. The number of ether oxygens (including phenoxy) is 4. The van der Waals surface area contributed by atoms with Gasteiger partial charge in [-0.05, 0) is 48.9 Å². The number of benzene rings is 2. The molecule has 0 aromatic heterocycles. The molecule has 0 aliphatic rings. The van der Waals surface area contributed by atoms with E-state index in [0.717, 1.165) is 17.7 Å². The lowest BCUT2D eigenvalue weighted by atomic mass is 10.2. The van der Waals surface area contributed by atoms with Crippen LogP contribution in [0.4, 0.5) is 0 Å². The minimum Gasteiger partial charge on any atom is -0.497 e. The molecular weight excluding hydrogens is 334 g/mol. The number of nitrogens with one attached hydrogen (secondary N) is 1. The van der Waals surface area contributed by atoms with E-state index in [4.69, 9.17) is 18.9 Å². The van der Waals surface area contributed by atoms with E-state index in [1.165, 1.54) is 0 Å². The first-order valence-corrected chi connectivity index (χ1v) is 8.49. The Labute approximate surface area is 154 Å². The first kappa shape index (κ1) is 19.4. The van der Waals surface area contributed by atoms with E-state index in [0.29, 0.717) is 30.4 Å². The molecule has 0 spiro atoms. The molecule has 0 bridgehead atoms. The molecule has 0 saturated carbocycles. The maximum Gasteiger partial charge on any atom is 0.258 e. The molecule has 1 amide bonds. The molecule has 0 radical (unpaired) electrons. The van der Waals surface area contributed by atoms with Crippen LogP contribution in [0.3, 0.4) is 0 Å². The smallest absolute Gasteiger partial charge is 0.258 e. The topological polar surface area (TPSA) is 66.0 Å². The second kappa shape index (κ2) is 10.2. The Morgan fingerprint density at radius 2 is 1.58 bits per heavy atom. The first-order valence-electron chi connectivity index (χ1n) is 8.49. The predicted octanol–water partition coefficient (Wildman–Crippen LogP) is 3.19. The summed E-state index contributed by atoms with van der Waals surface area (Å²) in [6, 6.07) is 12.6. The van der Waals surface area contributed by atoms with Crippen LogP contribution in [0, 0.1) is 0 Å². The van der Waals surface area contributed by atoms with Gasteiger partial charge in [-0.15, -0.1) is 0 Å². The van der Waals surface area contributed by atoms with E-state index in [9.17, 15) is 4.79 Å². The average Bonchev–Trinajstić information content (AvgIpc) is 2.69. The monoisotopic (exact) mass is 359 g/mol. The van der Waals surface area contributed by atoms with Crippen molar-refractivity contribution in [3.63, 3.8) is 0 Å². The lowest BCUT2D eigenvalue weighted by Gasteiger charge is -2.12. The molecule has 2 rings (SSSR count). The third kappa shape index (κ3) is 5.88. The third-order valence-electron chi connectivity index (χ3n) is 3.63. The van der Waals surface area contributed by atoms with Crippen LogP contribution in [-0.2, 0) is 11.3 Å². The number of amides is 1. The maximum atomic E-state index is 12.0. The fraction of sp³-hybridized carbons (Fsp3) is 0.350. The molecule has 0 unspecified atom stereocenters. The summed E-state index contributed by atoms with van der Waals surface area (Å²) in [5.41, 5.74) is 0.831. The van der Waals surface area contributed by atoms with Gasteiger partial charge >= 0.3 is 0 Å². The second-order valence-electron chi connectivity index (χ2n) is 5.56. The van der Waals surface area contributed by atoms with Crippen LogP contribution in [-0.4, -0.2) is 33.3 Å². The van der Waals surface area contributed by atoms with Crippen LogP contribution in [0.5, 0.6) is 23.0 Å². The molecule has 0 saturated heterocycles. The molecule has 2 aromatic carbocycles. The molecule has 0 aliphatic heterocycles. The summed E-state index contributed by atoms with van der Waals surface area (Å²) in [5, 5.41) is 2.81. The fourth-order valence-corrected chi connectivity index (χ4v) is 2.27. The Balaban J connectivity index is 1.82. The number of hydrogen-bond acceptors (Lipinski definition) is 5. The van der Waals surface area contributed by atoms with Gasteiger partial charge in [0.25, 0.3) is 5.91 Å². The van der Waals surface area contributed by atoms with Crippen molar-refractivity contribution in [2.45, 2.75) is 19.9 Å². The van der Waals surface area contributed by atoms with Crippen molar-refractivity contribution in [1.29, 1.82) is 0 Å². The van der Waals surface area contributed by atoms with Gasteiger partial charge in [-0.25, -0.2) is 0 Å². The van der Waals surface area contributed by atoms with Crippen molar-refractivity contribution in [2.24, 2.45) is 0 Å². The minimum atomic E-state index is -0.221. The maximum absolute atomic E-state index is 12.0. The van der Waals surface area contributed by atoms with Crippen LogP contribution >= 0.6 is 0 Å². The zero-order valence-corrected chi connectivity index (χ0v) is 15.4. The second-order valence-corrected chi connectivity index (χ2v) is 5.56. The molecule has 0 heterocycles. The number of rotatable bonds is 10. The van der Waals surface area contributed by atoms with Gasteiger partial charge in [0, 0.05) is 12.1 Å². The van der Waals surface area contributed by atoms with Gasteiger partial charge in [-0.2, -0.15) is 0 Å². The summed E-state index contributed by atoms with van der Waals surface area (Å²) in [5.74, 6) is 2.57. The van der Waals surface area contributed by atoms with Crippen molar-refractivity contribution in [2.75, 3.05) is 27.4 Å². The van der Waals surface area contributed by atoms with Crippen LogP contribution < -0.4 is 24.3 Å². The molecule has 2 aromatic rings. The number of methoxy groups -OCH3 is 2. The summed E-state index contributed by atoms with van der Waals surface area (Å²) in [6.45, 7) is 2.99. The summed E-state index contributed by atoms with van der Waals surface area (Å²) in [6.07, 6.45) is 0.955. The predicted molar refractivity (Wildman–Crippen MR) is 99.1 cm³/mol. The Morgan fingerprint density at radius 1 is 0.923 bits per heavy atom. The van der Waals surface area contributed by atoms with E-state index < -0.39 is 0 Å². The van der Waals surface area contributed by atoms with Gasteiger partial charge in [-0.3, -0.25) is 4.79 Å². The summed E-state index contributed by atoms with van der Waals surface area (Å²) in [7, 11) is 3.18. The van der Waals surface area contributed by atoms with Crippen LogP contribution in [0.2, 0.25) is 0 Å². The minimum absolute atomic E-state index is 0.0680. The van der Waals surface area contributed by atoms with Crippen molar-refractivity contribution in [3.05, 3.63) is 48.0 Å². The Kier molecular flexibility index (Phi) is 7.61. The van der Waals surface area contributed by atoms with Crippen molar-refractivity contribution < 1.29 is 23.7 Å². The molecule has 0 aliphatic carbocycles. The van der Waals surface area contributed by atoms with Crippen molar-refractivity contribution in [1.82, 2.24) is 5.32 Å². The van der Waals surface area contributed by atoms with Gasteiger partial charge in [0.15, 0.2) is 6.61 Å². The van der Waals surface area contributed by atoms with Crippen LogP contribution in [0.25, 0.3) is 0 Å². The van der Waals surface area contributed by atoms with Gasteiger partial charge in [0.2, 0.25) is 0 Å². The van der Waals surface area contributed by atoms with Gasteiger partial charge < -0.3 is 24.3 Å². The zero-order chi connectivity index (χ0) is 18.8. The standard InChI is InChI=1S/C20H25NO5/c1-4-11-25-16-5-7-17(8-6-16)26-14-20(22)21-13-15-12-18(23-2)9-10-19(15)24-3/h5-10,12H,4,11,13-14H2,1-3H3,(H,21,22). The van der Waals surface area contributed by atoms with Gasteiger partial charge in [-0.1, -0.05) is 6.92 Å². The zero-order valence-electron chi connectivity index (χ0n) is 15.4. The quantitative estimate of drug-likeness (QED) is 0.706. The van der Waals surface area contributed by atoms with Crippen molar-refractivity contribution in [3.8, 4) is 23.0 Å². The highest BCUT2D eigenvalue weighted by atomic mass is 16.5. The van der Waals surface area contributed by atoms with E-state index in [-0.39, 0.29) is 12.5 Å². The number of carbonyl (C=O) groups excluding carboxylic acids is 1. The fourth-order valence-electron chi connectivity index (χ4n) is 2.27. The van der Waals surface area contributed by atoms with Gasteiger partial charge in [0.1, 0.15) is 23.0 Å². The summed E-state index contributed by atoms with van der Waals surface area (Å²) in [4.78, 5) is 12.0. The highest BCUT2D eigenvalue weighted by Gasteiger charge is 2.08. The molecule has 0 fully saturated rings. The van der Waals surface area contributed by atoms with Gasteiger partial charge in [0.05, 0.1) is 20.8 Å². The SMILES string of the molecule is CCCOc1ccc(OCC(=O)NCc2cc(OC)ccc2OC)cc1. The highest BCUT2D eigenvalue weighted by molar-refractivity contribution is 5.77. The van der Waals surface area contributed by atoms with Crippen molar-refractivity contribution >= 4 is 5.91 Å². The first-order chi connectivity index (χ1) is 12.7. The Hall–Kier alpha value is -2.89. The van der Waals surface area contributed by atoms with E-state index in [2.05, 4.69) is 12.2 Å². The average molecular weight is 359 g/mol. The Bertz CT molecular complexity index is 700. The number of carbonyl (C=O) groups is 1. The van der Waals surface area contributed by atoms with E-state index >= 15 is 0 Å². The Morgan fingerprint density at radius 3 is 2.19 bits per heavy atom. The molecule has 0 atom stereocenters. The lowest BCUT2D eigenvalue weighted by molar-refractivity contribution is -0.123. The van der Waals surface area contributed by atoms with E-state index in [1.54, 1.807) is 38.5 Å². The molecule has 6 heteroatoms. The van der Waals surface area contributed by atoms with E-state index in [1.807, 2.05) is 18.2 Å². The number of hydrogen-bond donors (Lipinski definition) is 1. The molecule has 26 heavy (non-hydrogen) atoms. The molecule has 140 valence electrons. The van der Waals surface area contributed by atoms with Crippen LogP contribution in [0.1, 0.15) is 18.9 Å². The summed E-state index contributed by atoms with van der Waals surface area (Å²) >= 11 is 0. The summed E-state index contributed by atoms with van der Waals surface area (Å²) < 4.78 is 21.5. The molecule has 1 N–H and O–H groups in total.